The number of likely N-dealkylation sites (tertiary alicyclic amines) is 1. The molecule has 0 aromatic heterocycles. The molecular formula is C22H36N4O. The van der Waals surface area contributed by atoms with Crippen molar-refractivity contribution in [3.05, 3.63) is 29.8 Å². The number of aliphatic imine (C=N–C) groups is 1. The molecule has 1 aliphatic carbocycles. The summed E-state index contributed by atoms with van der Waals surface area (Å²) in [6, 6.07) is 8.93. The first-order chi connectivity index (χ1) is 13.2. The van der Waals surface area contributed by atoms with Crippen molar-refractivity contribution in [2.45, 2.75) is 57.4 Å². The summed E-state index contributed by atoms with van der Waals surface area (Å²) in [6.07, 6.45) is 6.01. The molecular weight excluding hydrogens is 336 g/mol. The highest BCUT2D eigenvalue weighted by Gasteiger charge is 2.46. The van der Waals surface area contributed by atoms with Gasteiger partial charge in [0.1, 0.15) is 5.75 Å². The maximum Gasteiger partial charge on any atom is 0.191 e. The Hall–Kier alpha value is -1.75. The predicted molar refractivity (Wildman–Crippen MR) is 113 cm³/mol. The molecule has 3 rings (SSSR count). The number of nitrogens with zero attached hydrogens (tertiary/aromatic N) is 2. The Morgan fingerprint density at radius 2 is 1.96 bits per heavy atom. The fraction of sp³-hybridized carbons (Fsp3) is 0.682. The van der Waals surface area contributed by atoms with Gasteiger partial charge < -0.3 is 20.3 Å². The second-order valence-electron chi connectivity index (χ2n) is 7.94. The number of guanidine groups is 1. The number of rotatable bonds is 8. The van der Waals surface area contributed by atoms with Gasteiger partial charge in [-0.25, -0.2) is 0 Å². The van der Waals surface area contributed by atoms with E-state index in [0.29, 0.717) is 6.04 Å². The maximum atomic E-state index is 5.59. The summed E-state index contributed by atoms with van der Waals surface area (Å²) in [6.45, 7) is 9.71. The van der Waals surface area contributed by atoms with Crippen molar-refractivity contribution in [3.63, 3.8) is 0 Å². The minimum Gasteiger partial charge on any atom is -0.496 e. The van der Waals surface area contributed by atoms with Crippen LogP contribution in [0.25, 0.3) is 0 Å². The summed E-state index contributed by atoms with van der Waals surface area (Å²) in [4.78, 5) is 7.55. The van der Waals surface area contributed by atoms with Crippen molar-refractivity contribution < 1.29 is 4.74 Å². The van der Waals surface area contributed by atoms with Crippen LogP contribution in [-0.2, 0) is 5.41 Å². The normalized spacial score (nSPS) is 20.3. The molecule has 1 aromatic carbocycles. The summed E-state index contributed by atoms with van der Waals surface area (Å²) in [5.41, 5.74) is 1.46. The van der Waals surface area contributed by atoms with Crippen LogP contribution in [0.5, 0.6) is 5.75 Å². The molecule has 1 aliphatic heterocycles. The molecule has 0 unspecified atom stereocenters. The molecule has 0 spiro atoms. The number of hydrogen-bond donors (Lipinski definition) is 2. The van der Waals surface area contributed by atoms with Crippen molar-refractivity contribution in [2.24, 2.45) is 4.99 Å². The molecule has 2 N–H and O–H groups in total. The van der Waals surface area contributed by atoms with Crippen LogP contribution in [0.15, 0.2) is 29.3 Å². The van der Waals surface area contributed by atoms with E-state index in [2.05, 4.69) is 47.6 Å². The van der Waals surface area contributed by atoms with Gasteiger partial charge in [0.15, 0.2) is 5.96 Å². The summed E-state index contributed by atoms with van der Waals surface area (Å²) in [7, 11) is 1.76. The summed E-state index contributed by atoms with van der Waals surface area (Å²) < 4.78 is 5.59. The summed E-state index contributed by atoms with van der Waals surface area (Å²) >= 11 is 0. The first-order valence-electron chi connectivity index (χ1n) is 10.6. The van der Waals surface area contributed by atoms with Crippen LogP contribution < -0.4 is 15.4 Å². The van der Waals surface area contributed by atoms with Gasteiger partial charge in [0.25, 0.3) is 0 Å². The third-order valence-electron chi connectivity index (χ3n) is 5.88. The lowest BCUT2D eigenvalue weighted by atomic mass is 9.95. The van der Waals surface area contributed by atoms with E-state index in [-0.39, 0.29) is 5.41 Å². The Labute approximate surface area is 164 Å². The molecule has 27 heavy (non-hydrogen) atoms. The van der Waals surface area contributed by atoms with Crippen LogP contribution in [-0.4, -0.2) is 56.7 Å². The lowest BCUT2D eigenvalue weighted by molar-refractivity contribution is 0.206. The highest BCUT2D eigenvalue weighted by atomic mass is 16.5. The molecule has 0 radical (unpaired) electrons. The lowest BCUT2D eigenvalue weighted by Crippen LogP contribution is -2.49. The van der Waals surface area contributed by atoms with Crippen LogP contribution in [0.1, 0.15) is 51.5 Å². The van der Waals surface area contributed by atoms with Crippen molar-refractivity contribution >= 4 is 5.96 Å². The van der Waals surface area contributed by atoms with E-state index in [9.17, 15) is 0 Å². The third-order valence-corrected chi connectivity index (χ3v) is 5.88. The molecule has 1 saturated heterocycles. The first kappa shape index (κ1) is 20.0. The Morgan fingerprint density at radius 1 is 1.22 bits per heavy atom. The van der Waals surface area contributed by atoms with E-state index in [1.165, 1.54) is 57.3 Å². The molecule has 0 atom stereocenters. The highest BCUT2D eigenvalue weighted by Crippen LogP contribution is 2.51. The maximum absolute atomic E-state index is 5.59. The molecule has 1 saturated carbocycles. The fourth-order valence-electron chi connectivity index (χ4n) is 4.11. The number of methoxy groups -OCH3 is 1. The van der Waals surface area contributed by atoms with Gasteiger partial charge in [-0.2, -0.15) is 0 Å². The number of nitrogens with one attached hydrogen (secondary N) is 2. The van der Waals surface area contributed by atoms with Gasteiger partial charge in [-0.3, -0.25) is 4.99 Å². The number of piperidine rings is 1. The topological polar surface area (TPSA) is 48.9 Å². The molecule has 0 bridgehead atoms. The standard InChI is InChI=1S/C22H36N4O/c1-4-14-26-15-10-18(11-16-26)25-21(23-5-2)24-17-22(12-13-22)19-8-6-7-9-20(19)27-3/h6-9,18H,4-5,10-17H2,1-3H3,(H2,23,24,25). The number of ether oxygens (including phenoxy) is 1. The van der Waals surface area contributed by atoms with Crippen molar-refractivity contribution in [2.75, 3.05) is 39.8 Å². The zero-order chi connectivity index (χ0) is 19.1. The molecule has 1 aromatic rings. The Kier molecular flexibility index (Phi) is 7.00. The van der Waals surface area contributed by atoms with E-state index in [0.717, 1.165) is 24.8 Å². The quantitative estimate of drug-likeness (QED) is 0.544. The van der Waals surface area contributed by atoms with Crippen LogP contribution in [0, 0.1) is 0 Å². The van der Waals surface area contributed by atoms with E-state index in [1.807, 2.05) is 6.07 Å². The average molecular weight is 373 g/mol. The largest absolute Gasteiger partial charge is 0.496 e. The van der Waals surface area contributed by atoms with Crippen LogP contribution >= 0.6 is 0 Å². The highest BCUT2D eigenvalue weighted by molar-refractivity contribution is 5.80. The van der Waals surface area contributed by atoms with Gasteiger partial charge in [-0.1, -0.05) is 25.1 Å². The Balaban J connectivity index is 1.61. The Morgan fingerprint density at radius 3 is 2.59 bits per heavy atom. The van der Waals surface area contributed by atoms with Gasteiger partial charge in [0, 0.05) is 36.7 Å². The first-order valence-corrected chi connectivity index (χ1v) is 10.6. The molecule has 5 heteroatoms. The molecule has 2 aliphatic rings. The van der Waals surface area contributed by atoms with Crippen LogP contribution in [0.2, 0.25) is 0 Å². The van der Waals surface area contributed by atoms with Gasteiger partial charge in [-0.05, 0) is 51.6 Å². The van der Waals surface area contributed by atoms with Crippen LogP contribution in [0.4, 0.5) is 0 Å². The van der Waals surface area contributed by atoms with Crippen molar-refractivity contribution in [1.29, 1.82) is 0 Å². The number of benzene rings is 1. The van der Waals surface area contributed by atoms with Gasteiger partial charge in [-0.15, -0.1) is 0 Å². The zero-order valence-electron chi connectivity index (χ0n) is 17.3. The van der Waals surface area contributed by atoms with E-state index >= 15 is 0 Å². The van der Waals surface area contributed by atoms with Crippen LogP contribution in [0.3, 0.4) is 0 Å². The van der Waals surface area contributed by atoms with Crippen molar-refractivity contribution in [1.82, 2.24) is 15.5 Å². The van der Waals surface area contributed by atoms with E-state index in [4.69, 9.17) is 9.73 Å². The minimum atomic E-state index is 0.152. The second kappa shape index (κ2) is 9.45. The fourth-order valence-corrected chi connectivity index (χ4v) is 4.11. The summed E-state index contributed by atoms with van der Waals surface area (Å²) in [5.74, 6) is 1.96. The van der Waals surface area contributed by atoms with E-state index < -0.39 is 0 Å². The average Bonchev–Trinajstić information content (AvgIpc) is 3.49. The number of hydrogen-bond acceptors (Lipinski definition) is 3. The Bertz CT molecular complexity index is 618. The smallest absolute Gasteiger partial charge is 0.191 e. The molecule has 5 nitrogen and oxygen atoms in total. The molecule has 2 fully saturated rings. The minimum absolute atomic E-state index is 0.152. The number of para-hydroxylation sites is 1. The van der Waals surface area contributed by atoms with Gasteiger partial charge in [0.2, 0.25) is 0 Å². The van der Waals surface area contributed by atoms with Crippen molar-refractivity contribution in [3.8, 4) is 5.75 Å². The molecule has 1 heterocycles. The molecule has 150 valence electrons. The van der Waals surface area contributed by atoms with Gasteiger partial charge >= 0.3 is 0 Å². The molecule has 0 amide bonds. The van der Waals surface area contributed by atoms with E-state index in [1.54, 1.807) is 7.11 Å². The second-order valence-corrected chi connectivity index (χ2v) is 7.94. The summed E-state index contributed by atoms with van der Waals surface area (Å²) in [5, 5.41) is 7.12. The van der Waals surface area contributed by atoms with Gasteiger partial charge in [0.05, 0.1) is 13.7 Å². The predicted octanol–water partition coefficient (Wildman–Crippen LogP) is 3.16. The zero-order valence-corrected chi connectivity index (χ0v) is 17.3. The SMILES string of the molecule is CCCN1CCC(NC(=NCC2(c3ccccc3OC)CC2)NCC)CC1. The third kappa shape index (κ3) is 5.16. The monoisotopic (exact) mass is 372 g/mol. The lowest BCUT2D eigenvalue weighted by Gasteiger charge is -2.33.